The van der Waals surface area contributed by atoms with E-state index in [-0.39, 0.29) is 11.9 Å². The number of anilines is 1. The third kappa shape index (κ3) is 1.87. The summed E-state index contributed by atoms with van der Waals surface area (Å²) in [5, 5.41) is 0. The zero-order valence-corrected chi connectivity index (χ0v) is 11.0. The molecule has 0 radical (unpaired) electrons. The summed E-state index contributed by atoms with van der Waals surface area (Å²) in [6.07, 6.45) is 0.744. The molecule has 1 aromatic rings. The predicted molar refractivity (Wildman–Crippen MR) is 68.6 cm³/mol. The van der Waals surface area contributed by atoms with Crippen molar-refractivity contribution in [2.45, 2.75) is 26.3 Å². The molecular weight excluding hydrogens is 268 g/mol. The van der Waals surface area contributed by atoms with Crippen molar-refractivity contribution in [3.8, 4) is 0 Å². The molecule has 1 saturated heterocycles. The van der Waals surface area contributed by atoms with Gasteiger partial charge in [-0.05, 0) is 43.5 Å². The van der Waals surface area contributed by atoms with Crippen LogP contribution in [-0.4, -0.2) is 18.5 Å². The number of benzene rings is 1. The second kappa shape index (κ2) is 4.18. The van der Waals surface area contributed by atoms with Crippen molar-refractivity contribution in [3.63, 3.8) is 0 Å². The number of nitrogens with two attached hydrogens (primary N) is 1. The van der Waals surface area contributed by atoms with E-state index in [0.717, 1.165) is 34.3 Å². The summed E-state index contributed by atoms with van der Waals surface area (Å²) in [7, 11) is 0. The number of nitrogens with zero attached hydrogens (tertiary/aromatic N) is 1. The van der Waals surface area contributed by atoms with Crippen LogP contribution in [0.4, 0.5) is 5.69 Å². The van der Waals surface area contributed by atoms with Gasteiger partial charge in [0.15, 0.2) is 0 Å². The number of carbonyl (C=O) groups excluding carboxylic acids is 1. The Morgan fingerprint density at radius 3 is 2.38 bits per heavy atom. The summed E-state index contributed by atoms with van der Waals surface area (Å²) in [6, 6.07) is 3.72. The highest BCUT2D eigenvalue weighted by molar-refractivity contribution is 9.10. The zero-order valence-electron chi connectivity index (χ0n) is 9.46. The second-order valence-electron chi connectivity index (χ2n) is 4.27. The van der Waals surface area contributed by atoms with Crippen molar-refractivity contribution in [1.82, 2.24) is 0 Å². The molecular formula is C12H15BrN2O. The first-order valence-corrected chi connectivity index (χ1v) is 6.13. The number of rotatable bonds is 1. The number of hydrogen-bond acceptors (Lipinski definition) is 2. The first kappa shape index (κ1) is 11.6. The molecule has 1 heterocycles. The van der Waals surface area contributed by atoms with E-state index in [1.54, 1.807) is 0 Å². The minimum absolute atomic E-state index is 0.0357. The van der Waals surface area contributed by atoms with Crippen LogP contribution < -0.4 is 10.6 Å². The average Bonchev–Trinajstić information content (AvgIpc) is 2.48. The first-order valence-electron chi connectivity index (χ1n) is 5.34. The lowest BCUT2D eigenvalue weighted by Gasteiger charge is -2.21. The van der Waals surface area contributed by atoms with Crippen LogP contribution in [0.3, 0.4) is 0 Å². The van der Waals surface area contributed by atoms with Crippen LogP contribution in [0, 0.1) is 13.8 Å². The van der Waals surface area contributed by atoms with E-state index >= 15 is 0 Å². The first-order chi connectivity index (χ1) is 7.50. The van der Waals surface area contributed by atoms with E-state index in [4.69, 9.17) is 5.73 Å². The van der Waals surface area contributed by atoms with Crippen LogP contribution in [0.15, 0.2) is 16.6 Å². The van der Waals surface area contributed by atoms with Gasteiger partial charge in [-0.3, -0.25) is 4.79 Å². The van der Waals surface area contributed by atoms with Crippen molar-refractivity contribution in [2.75, 3.05) is 11.4 Å². The number of amides is 1. The molecule has 16 heavy (non-hydrogen) atoms. The number of hydrogen-bond donors (Lipinski definition) is 1. The summed E-state index contributed by atoms with van der Waals surface area (Å²) in [4.78, 5) is 13.7. The van der Waals surface area contributed by atoms with Gasteiger partial charge in [-0.1, -0.05) is 15.9 Å². The van der Waals surface area contributed by atoms with Gasteiger partial charge in [0.25, 0.3) is 0 Å². The monoisotopic (exact) mass is 282 g/mol. The van der Waals surface area contributed by atoms with Crippen LogP contribution in [-0.2, 0) is 4.79 Å². The van der Waals surface area contributed by atoms with Crippen molar-refractivity contribution >= 4 is 27.5 Å². The molecule has 1 fully saturated rings. The Balaban J connectivity index is 2.45. The lowest BCUT2D eigenvalue weighted by Crippen LogP contribution is -2.34. The smallest absolute Gasteiger partial charge is 0.243 e. The molecule has 0 saturated carbocycles. The quantitative estimate of drug-likeness (QED) is 0.858. The molecule has 2 rings (SSSR count). The van der Waals surface area contributed by atoms with Crippen molar-refractivity contribution in [3.05, 3.63) is 27.7 Å². The van der Waals surface area contributed by atoms with Gasteiger partial charge in [-0.15, -0.1) is 0 Å². The van der Waals surface area contributed by atoms with Crippen LogP contribution in [0.2, 0.25) is 0 Å². The van der Waals surface area contributed by atoms with E-state index in [1.807, 2.05) is 30.9 Å². The summed E-state index contributed by atoms with van der Waals surface area (Å²) < 4.78 is 1.04. The van der Waals surface area contributed by atoms with E-state index < -0.39 is 0 Å². The molecule has 3 nitrogen and oxygen atoms in total. The second-order valence-corrected chi connectivity index (χ2v) is 5.19. The van der Waals surface area contributed by atoms with Gasteiger partial charge < -0.3 is 10.6 Å². The highest BCUT2D eigenvalue weighted by Gasteiger charge is 2.31. The molecule has 0 spiro atoms. The Kier molecular flexibility index (Phi) is 3.04. The third-order valence-corrected chi connectivity index (χ3v) is 3.43. The molecule has 86 valence electrons. The summed E-state index contributed by atoms with van der Waals surface area (Å²) >= 11 is 3.45. The average molecular weight is 283 g/mol. The van der Waals surface area contributed by atoms with E-state index in [9.17, 15) is 4.79 Å². The fourth-order valence-corrected chi connectivity index (χ4v) is 2.94. The molecule has 1 aliphatic heterocycles. The zero-order chi connectivity index (χ0) is 11.9. The number of halogens is 1. The largest absolute Gasteiger partial charge is 0.320 e. The Hall–Kier alpha value is -0.870. The minimum Gasteiger partial charge on any atom is -0.320 e. The summed E-state index contributed by atoms with van der Waals surface area (Å²) in [6.45, 7) is 4.76. The molecule has 1 atom stereocenters. The molecule has 0 aliphatic carbocycles. The standard InChI is InChI=1S/C12H15BrN2O/c1-7-5-9(13)6-8(2)11(7)15-4-3-10(14)12(15)16/h5-6,10H,3-4,14H2,1-2H3. The fourth-order valence-electron chi connectivity index (χ4n) is 2.25. The molecule has 1 amide bonds. The lowest BCUT2D eigenvalue weighted by atomic mass is 10.1. The van der Waals surface area contributed by atoms with E-state index in [1.165, 1.54) is 0 Å². The normalized spacial score (nSPS) is 20.6. The van der Waals surface area contributed by atoms with Crippen LogP contribution in [0.1, 0.15) is 17.5 Å². The van der Waals surface area contributed by atoms with Crippen molar-refractivity contribution in [2.24, 2.45) is 5.73 Å². The predicted octanol–water partition coefficient (Wildman–Crippen LogP) is 2.13. The molecule has 0 aromatic heterocycles. The van der Waals surface area contributed by atoms with Gasteiger partial charge in [0.05, 0.1) is 6.04 Å². The molecule has 1 unspecified atom stereocenters. The maximum Gasteiger partial charge on any atom is 0.243 e. The summed E-state index contributed by atoms with van der Waals surface area (Å²) in [5.74, 6) is 0.0357. The fraction of sp³-hybridized carbons (Fsp3) is 0.417. The van der Waals surface area contributed by atoms with Gasteiger partial charge >= 0.3 is 0 Å². The van der Waals surface area contributed by atoms with E-state index in [2.05, 4.69) is 15.9 Å². The molecule has 0 bridgehead atoms. The maximum atomic E-state index is 11.9. The molecule has 1 aliphatic rings. The third-order valence-electron chi connectivity index (χ3n) is 2.97. The Morgan fingerprint density at radius 2 is 1.94 bits per heavy atom. The molecule has 1 aromatic carbocycles. The van der Waals surface area contributed by atoms with Crippen LogP contribution in [0.25, 0.3) is 0 Å². The van der Waals surface area contributed by atoms with Gasteiger partial charge in [0.1, 0.15) is 0 Å². The van der Waals surface area contributed by atoms with Gasteiger partial charge in [-0.25, -0.2) is 0 Å². The van der Waals surface area contributed by atoms with E-state index in [0.29, 0.717) is 0 Å². The van der Waals surface area contributed by atoms with Crippen molar-refractivity contribution in [1.29, 1.82) is 0 Å². The van der Waals surface area contributed by atoms with Crippen molar-refractivity contribution < 1.29 is 4.79 Å². The number of carbonyl (C=O) groups is 1. The maximum absolute atomic E-state index is 11.9. The Labute approximate surface area is 104 Å². The van der Waals surface area contributed by atoms with Gasteiger partial charge in [0.2, 0.25) is 5.91 Å². The van der Waals surface area contributed by atoms with Crippen LogP contribution in [0.5, 0.6) is 0 Å². The van der Waals surface area contributed by atoms with Crippen LogP contribution >= 0.6 is 15.9 Å². The summed E-state index contributed by atoms with van der Waals surface area (Å²) in [5.41, 5.74) is 8.96. The minimum atomic E-state index is -0.331. The van der Waals surface area contributed by atoms with Gasteiger partial charge in [0, 0.05) is 16.7 Å². The van der Waals surface area contributed by atoms with Gasteiger partial charge in [-0.2, -0.15) is 0 Å². The lowest BCUT2D eigenvalue weighted by molar-refractivity contribution is -0.118. The molecule has 2 N–H and O–H groups in total. The number of aryl methyl sites for hydroxylation is 2. The Morgan fingerprint density at radius 1 is 1.38 bits per heavy atom. The topological polar surface area (TPSA) is 46.3 Å². The molecule has 4 heteroatoms. The highest BCUT2D eigenvalue weighted by Crippen LogP contribution is 2.31. The SMILES string of the molecule is Cc1cc(Br)cc(C)c1N1CCC(N)C1=O. The highest BCUT2D eigenvalue weighted by atomic mass is 79.9. The Bertz CT molecular complexity index is 422.